The Kier molecular flexibility index (Phi) is 4.12. The summed E-state index contributed by atoms with van der Waals surface area (Å²) in [6.45, 7) is 0. The lowest BCUT2D eigenvalue weighted by Gasteiger charge is -2.25. The van der Waals surface area contributed by atoms with Gasteiger partial charge >= 0.3 is 0 Å². The molecule has 1 aliphatic rings. The summed E-state index contributed by atoms with van der Waals surface area (Å²) in [5.74, 6) is -0.316. The van der Waals surface area contributed by atoms with Gasteiger partial charge in [-0.1, -0.05) is 24.3 Å². The fourth-order valence-electron chi connectivity index (χ4n) is 4.04. The minimum atomic E-state index is -0.560. The third-order valence-electron chi connectivity index (χ3n) is 5.46. The summed E-state index contributed by atoms with van der Waals surface area (Å²) in [7, 11) is 1.38. The van der Waals surface area contributed by atoms with Gasteiger partial charge < -0.3 is 10.5 Å². The first kappa shape index (κ1) is 17.5. The lowest BCUT2D eigenvalue weighted by Crippen LogP contribution is -2.20. The Morgan fingerprint density at radius 1 is 1.17 bits per heavy atom. The summed E-state index contributed by atoms with van der Waals surface area (Å²) < 4.78 is 21.1. The lowest BCUT2D eigenvalue weighted by atomic mass is 9.88. The number of hydrogen-bond donors (Lipinski definition) is 1. The van der Waals surface area contributed by atoms with Crippen LogP contribution in [0.5, 0.6) is 5.88 Å². The molecule has 0 fully saturated rings. The number of rotatable bonds is 3. The fourth-order valence-corrected chi connectivity index (χ4v) is 4.04. The van der Waals surface area contributed by atoms with Gasteiger partial charge in [-0.05, 0) is 36.5 Å². The predicted octanol–water partition coefficient (Wildman–Crippen LogP) is 3.35. The van der Waals surface area contributed by atoms with Crippen LogP contribution in [0.2, 0.25) is 0 Å². The molecule has 7 nitrogen and oxygen atoms in total. The summed E-state index contributed by atoms with van der Waals surface area (Å²) in [5.41, 5.74) is 10.5. The van der Waals surface area contributed by atoms with Crippen molar-refractivity contribution in [2.24, 2.45) is 0 Å². The first-order chi connectivity index (χ1) is 14.2. The van der Waals surface area contributed by atoms with Crippen LogP contribution in [0.15, 0.2) is 42.9 Å². The van der Waals surface area contributed by atoms with Crippen LogP contribution in [0.4, 0.5) is 10.2 Å². The number of aromatic nitrogens is 5. The van der Waals surface area contributed by atoms with E-state index in [4.69, 9.17) is 15.6 Å². The minimum absolute atomic E-state index is 0.0643. The van der Waals surface area contributed by atoms with Crippen molar-refractivity contribution < 1.29 is 9.13 Å². The molecule has 0 bridgehead atoms. The van der Waals surface area contributed by atoms with Crippen molar-refractivity contribution in [2.45, 2.75) is 25.3 Å². The standard InChI is InChI=1S/C21H19FN6O/c1-29-21-16(22)9-14(10-24-21)18-17-19(23)25-11-26-20(17)28(27-18)15-7-6-12-4-2-3-5-13(12)8-15/h2-5,9-11,15H,6-8H2,1H3,(H2,23,25,26). The van der Waals surface area contributed by atoms with Gasteiger partial charge in [0.05, 0.1) is 18.5 Å². The Labute approximate surface area is 166 Å². The number of ether oxygens (including phenoxy) is 1. The highest BCUT2D eigenvalue weighted by molar-refractivity contribution is 5.98. The van der Waals surface area contributed by atoms with E-state index in [-0.39, 0.29) is 11.9 Å². The number of nitrogens with two attached hydrogens (primary N) is 1. The number of aryl methyl sites for hydroxylation is 1. The molecule has 0 amide bonds. The molecule has 3 heterocycles. The summed E-state index contributed by atoms with van der Waals surface area (Å²) in [6.07, 6.45) is 5.72. The van der Waals surface area contributed by atoms with Crippen molar-refractivity contribution in [1.82, 2.24) is 24.7 Å². The number of pyridine rings is 1. The van der Waals surface area contributed by atoms with Gasteiger partial charge in [-0.15, -0.1) is 0 Å². The molecule has 0 saturated carbocycles. The first-order valence-electron chi connectivity index (χ1n) is 9.41. The molecule has 146 valence electrons. The Bertz CT molecular complexity index is 1220. The molecule has 1 atom stereocenters. The average Bonchev–Trinajstić information content (AvgIpc) is 3.14. The molecule has 0 spiro atoms. The van der Waals surface area contributed by atoms with Crippen molar-refractivity contribution in [3.8, 4) is 17.1 Å². The second-order valence-corrected chi connectivity index (χ2v) is 7.13. The zero-order valence-corrected chi connectivity index (χ0v) is 15.8. The number of halogens is 1. The van der Waals surface area contributed by atoms with E-state index >= 15 is 0 Å². The maximum absolute atomic E-state index is 14.3. The normalized spacial score (nSPS) is 16.0. The van der Waals surface area contributed by atoms with Gasteiger partial charge in [0, 0.05) is 11.8 Å². The van der Waals surface area contributed by atoms with Gasteiger partial charge in [-0.2, -0.15) is 5.10 Å². The molecular weight excluding hydrogens is 371 g/mol. The second-order valence-electron chi connectivity index (χ2n) is 7.13. The summed E-state index contributed by atoms with van der Waals surface area (Å²) in [5, 5.41) is 5.41. The smallest absolute Gasteiger partial charge is 0.250 e. The molecule has 1 aliphatic carbocycles. The van der Waals surface area contributed by atoms with E-state index in [1.54, 1.807) is 0 Å². The van der Waals surface area contributed by atoms with Crippen molar-refractivity contribution in [1.29, 1.82) is 0 Å². The zero-order valence-electron chi connectivity index (χ0n) is 15.8. The van der Waals surface area contributed by atoms with E-state index < -0.39 is 5.82 Å². The molecule has 1 unspecified atom stereocenters. The highest BCUT2D eigenvalue weighted by Crippen LogP contribution is 2.36. The molecule has 1 aromatic carbocycles. The fraction of sp³-hybridized carbons (Fsp3) is 0.238. The Balaban J connectivity index is 1.65. The van der Waals surface area contributed by atoms with Crippen molar-refractivity contribution in [3.63, 3.8) is 0 Å². The number of anilines is 1. The largest absolute Gasteiger partial charge is 0.479 e. The van der Waals surface area contributed by atoms with Crippen molar-refractivity contribution in [3.05, 3.63) is 59.8 Å². The maximum atomic E-state index is 14.3. The minimum Gasteiger partial charge on any atom is -0.479 e. The average molecular weight is 390 g/mol. The van der Waals surface area contributed by atoms with Crippen molar-refractivity contribution in [2.75, 3.05) is 12.8 Å². The number of methoxy groups -OCH3 is 1. The van der Waals surface area contributed by atoms with E-state index in [1.165, 1.54) is 36.8 Å². The highest BCUT2D eigenvalue weighted by Gasteiger charge is 2.26. The predicted molar refractivity (Wildman–Crippen MR) is 107 cm³/mol. The molecule has 8 heteroatoms. The van der Waals surface area contributed by atoms with Crippen LogP contribution < -0.4 is 10.5 Å². The number of nitrogens with zero attached hydrogens (tertiary/aromatic N) is 5. The van der Waals surface area contributed by atoms with E-state index in [2.05, 4.69) is 39.2 Å². The second kappa shape index (κ2) is 6.80. The van der Waals surface area contributed by atoms with Crippen LogP contribution in [0.1, 0.15) is 23.6 Å². The quantitative estimate of drug-likeness (QED) is 0.577. The number of hydrogen-bond acceptors (Lipinski definition) is 6. The van der Waals surface area contributed by atoms with Gasteiger partial charge in [0.2, 0.25) is 5.88 Å². The molecular formula is C21H19FN6O. The maximum Gasteiger partial charge on any atom is 0.250 e. The third-order valence-corrected chi connectivity index (χ3v) is 5.46. The van der Waals surface area contributed by atoms with E-state index in [1.807, 2.05) is 4.68 Å². The Morgan fingerprint density at radius 2 is 2.00 bits per heavy atom. The number of fused-ring (bicyclic) bond motifs is 2. The molecule has 29 heavy (non-hydrogen) atoms. The van der Waals surface area contributed by atoms with Crippen LogP contribution >= 0.6 is 0 Å². The van der Waals surface area contributed by atoms with Gasteiger partial charge in [-0.3, -0.25) is 0 Å². The molecule has 0 aliphatic heterocycles. The molecule has 4 aromatic rings. The third kappa shape index (κ3) is 2.88. The SMILES string of the molecule is COc1ncc(-c2nn(C3CCc4ccccc4C3)c3ncnc(N)c23)cc1F. The van der Waals surface area contributed by atoms with Crippen LogP contribution in [-0.2, 0) is 12.8 Å². The molecule has 0 radical (unpaired) electrons. The summed E-state index contributed by atoms with van der Waals surface area (Å²) >= 11 is 0. The van der Waals surface area contributed by atoms with Crippen molar-refractivity contribution >= 4 is 16.9 Å². The van der Waals surface area contributed by atoms with Crippen LogP contribution in [-0.4, -0.2) is 31.8 Å². The van der Waals surface area contributed by atoms with E-state index in [0.717, 1.165) is 19.3 Å². The van der Waals surface area contributed by atoms with Gasteiger partial charge in [-0.25, -0.2) is 24.0 Å². The number of nitrogen functional groups attached to an aromatic ring is 1. The van der Waals surface area contributed by atoms with E-state index in [0.29, 0.717) is 28.1 Å². The topological polar surface area (TPSA) is 91.7 Å². The van der Waals surface area contributed by atoms with Gasteiger partial charge in [0.25, 0.3) is 0 Å². The molecule has 0 saturated heterocycles. The zero-order chi connectivity index (χ0) is 20.0. The Morgan fingerprint density at radius 3 is 2.79 bits per heavy atom. The van der Waals surface area contributed by atoms with Crippen LogP contribution in [0.3, 0.4) is 0 Å². The first-order valence-corrected chi connectivity index (χ1v) is 9.41. The van der Waals surface area contributed by atoms with E-state index in [9.17, 15) is 4.39 Å². The van der Waals surface area contributed by atoms with Crippen LogP contribution in [0.25, 0.3) is 22.3 Å². The molecule has 2 N–H and O–H groups in total. The highest BCUT2D eigenvalue weighted by atomic mass is 19.1. The monoisotopic (exact) mass is 390 g/mol. The lowest BCUT2D eigenvalue weighted by molar-refractivity contribution is 0.369. The van der Waals surface area contributed by atoms with Gasteiger partial charge in [0.1, 0.15) is 17.8 Å². The van der Waals surface area contributed by atoms with Gasteiger partial charge in [0.15, 0.2) is 11.5 Å². The Hall–Kier alpha value is -3.55. The summed E-state index contributed by atoms with van der Waals surface area (Å²) in [4.78, 5) is 12.6. The molecule has 5 rings (SSSR count). The molecule has 3 aromatic heterocycles. The number of benzene rings is 1. The summed E-state index contributed by atoms with van der Waals surface area (Å²) in [6, 6.07) is 9.93. The van der Waals surface area contributed by atoms with Crippen LogP contribution in [0, 0.1) is 5.82 Å².